The molecule has 1 aromatic heterocycles. The number of halogens is 4. The minimum atomic E-state index is -4.47. The summed E-state index contributed by atoms with van der Waals surface area (Å²) >= 11 is 6.34. The van der Waals surface area contributed by atoms with E-state index in [2.05, 4.69) is 0 Å². The first-order valence-corrected chi connectivity index (χ1v) is 8.02. The van der Waals surface area contributed by atoms with Crippen molar-refractivity contribution in [3.8, 4) is 0 Å². The van der Waals surface area contributed by atoms with Crippen molar-refractivity contribution in [2.24, 2.45) is 5.92 Å². The molecule has 1 N–H and O–H groups in total. The van der Waals surface area contributed by atoms with Crippen LogP contribution in [0.5, 0.6) is 0 Å². The van der Waals surface area contributed by atoms with Crippen molar-refractivity contribution in [2.75, 3.05) is 0 Å². The van der Waals surface area contributed by atoms with Gasteiger partial charge in [-0.15, -0.1) is 11.3 Å². The quantitative estimate of drug-likeness (QED) is 0.803. The van der Waals surface area contributed by atoms with Crippen LogP contribution in [-0.4, -0.2) is 26.9 Å². The van der Waals surface area contributed by atoms with E-state index in [4.69, 9.17) is 11.6 Å². The van der Waals surface area contributed by atoms with E-state index in [1.165, 1.54) is 12.1 Å². The maximum absolute atomic E-state index is 12.3. The molecule has 2 atom stereocenters. The van der Waals surface area contributed by atoms with E-state index in [0.29, 0.717) is 0 Å². The average Bonchev–Trinajstić information content (AvgIpc) is 2.71. The Bertz CT molecular complexity index is 571. The minimum Gasteiger partial charge on any atom is -0.302 e. The van der Waals surface area contributed by atoms with Gasteiger partial charge in [-0.3, -0.25) is 0 Å². The molecular weight excluding hydrogens is 339 g/mol. The third-order valence-electron chi connectivity index (χ3n) is 2.42. The summed E-state index contributed by atoms with van der Waals surface area (Å²) in [4.78, 5) is 10.8. The molecule has 20 heavy (non-hydrogen) atoms. The Morgan fingerprint density at radius 2 is 2.05 bits per heavy atom. The molecule has 0 radical (unpaired) electrons. The summed E-state index contributed by atoms with van der Waals surface area (Å²) in [5, 5.41) is 0. The van der Waals surface area contributed by atoms with Gasteiger partial charge in [0.1, 0.15) is 10.5 Å². The predicted molar refractivity (Wildman–Crippen MR) is 69.3 cm³/mol. The van der Waals surface area contributed by atoms with Crippen molar-refractivity contribution in [3.63, 3.8) is 0 Å². The molecule has 1 heterocycles. The van der Waals surface area contributed by atoms with Crippen molar-refractivity contribution >= 4 is 39.2 Å². The van der Waals surface area contributed by atoms with E-state index in [-0.39, 0.29) is 14.8 Å². The molecule has 0 fully saturated rings. The van der Waals surface area contributed by atoms with Gasteiger partial charge < -0.3 is 4.79 Å². The number of nitrogens with one attached hydrogen (secondary N) is 1. The van der Waals surface area contributed by atoms with Crippen LogP contribution in [0.4, 0.5) is 13.2 Å². The Balaban J connectivity index is 2.85. The number of carbonyl (C=O) groups is 1. The predicted octanol–water partition coefficient (Wildman–Crippen LogP) is 2.84. The Kier molecular flexibility index (Phi) is 5.59. The zero-order valence-electron chi connectivity index (χ0n) is 10.1. The molecule has 0 aromatic carbocycles. The third kappa shape index (κ3) is 5.04. The van der Waals surface area contributed by atoms with Crippen molar-refractivity contribution in [1.29, 1.82) is 0 Å². The largest absolute Gasteiger partial charge is 0.389 e. The number of alkyl halides is 3. The lowest BCUT2D eigenvalue weighted by atomic mass is 10.0. The molecule has 0 saturated carbocycles. The second-order valence-electron chi connectivity index (χ2n) is 4.14. The molecule has 1 rings (SSSR count). The van der Waals surface area contributed by atoms with E-state index in [1.54, 1.807) is 0 Å². The van der Waals surface area contributed by atoms with Crippen LogP contribution in [0.1, 0.15) is 13.3 Å². The van der Waals surface area contributed by atoms with E-state index in [1.807, 2.05) is 4.72 Å². The van der Waals surface area contributed by atoms with Gasteiger partial charge in [-0.25, -0.2) is 8.42 Å². The average molecular weight is 350 g/mol. The maximum atomic E-state index is 12.3. The van der Waals surface area contributed by atoms with Gasteiger partial charge in [0.2, 0.25) is 0 Å². The highest BCUT2D eigenvalue weighted by Crippen LogP contribution is 2.28. The van der Waals surface area contributed by atoms with Crippen molar-refractivity contribution in [2.45, 2.75) is 29.8 Å². The van der Waals surface area contributed by atoms with Gasteiger partial charge in [-0.1, -0.05) is 18.5 Å². The summed E-state index contributed by atoms with van der Waals surface area (Å²) in [5.74, 6) is -1.21. The molecule has 4 nitrogen and oxygen atoms in total. The molecule has 114 valence electrons. The zero-order valence-corrected chi connectivity index (χ0v) is 12.5. The van der Waals surface area contributed by atoms with E-state index in [0.717, 1.165) is 18.3 Å². The second kappa shape index (κ2) is 6.42. The van der Waals surface area contributed by atoms with Crippen LogP contribution in [0, 0.1) is 5.92 Å². The summed E-state index contributed by atoms with van der Waals surface area (Å²) in [5.41, 5.74) is 0. The van der Waals surface area contributed by atoms with Gasteiger partial charge in [-0.2, -0.15) is 17.9 Å². The van der Waals surface area contributed by atoms with Crippen molar-refractivity contribution in [3.05, 3.63) is 16.5 Å². The summed E-state index contributed by atoms with van der Waals surface area (Å²) < 4.78 is 62.5. The molecule has 0 aliphatic heterocycles. The van der Waals surface area contributed by atoms with Crippen LogP contribution in [0.15, 0.2) is 16.3 Å². The topological polar surface area (TPSA) is 63.2 Å². The van der Waals surface area contributed by atoms with Crippen molar-refractivity contribution < 1.29 is 26.4 Å². The molecule has 0 unspecified atom stereocenters. The lowest BCUT2D eigenvalue weighted by molar-refractivity contribution is -0.145. The monoisotopic (exact) mass is 349 g/mol. The highest BCUT2D eigenvalue weighted by atomic mass is 35.5. The Labute approximate surface area is 123 Å². The van der Waals surface area contributed by atoms with E-state index >= 15 is 0 Å². The molecule has 0 saturated heterocycles. The zero-order chi connectivity index (χ0) is 15.6. The number of thiophene rings is 1. The van der Waals surface area contributed by atoms with Crippen LogP contribution < -0.4 is 4.72 Å². The van der Waals surface area contributed by atoms with Gasteiger partial charge >= 0.3 is 6.18 Å². The number of hydrogen-bond acceptors (Lipinski definition) is 4. The molecule has 0 aliphatic rings. The third-order valence-corrected chi connectivity index (χ3v) is 5.60. The van der Waals surface area contributed by atoms with Crippen LogP contribution in [0.2, 0.25) is 4.34 Å². The number of carbonyl (C=O) groups excluding carboxylic acids is 1. The number of rotatable bonds is 6. The van der Waals surface area contributed by atoms with Gasteiger partial charge in [0.05, 0.1) is 10.4 Å². The van der Waals surface area contributed by atoms with Crippen molar-refractivity contribution in [1.82, 2.24) is 4.72 Å². The normalized spacial score (nSPS) is 15.8. The number of hydrogen-bond donors (Lipinski definition) is 1. The fraction of sp³-hybridized carbons (Fsp3) is 0.500. The summed E-state index contributed by atoms with van der Waals surface area (Å²) in [6.07, 6.45) is -5.58. The minimum absolute atomic E-state index is 0.156. The summed E-state index contributed by atoms with van der Waals surface area (Å²) in [6, 6.07) is 1.10. The summed E-state index contributed by atoms with van der Waals surface area (Å²) in [7, 11) is -4.07. The highest BCUT2D eigenvalue weighted by molar-refractivity contribution is 7.91. The fourth-order valence-electron chi connectivity index (χ4n) is 1.45. The number of aldehydes is 1. The van der Waals surface area contributed by atoms with Crippen LogP contribution in [-0.2, 0) is 14.8 Å². The summed E-state index contributed by atoms with van der Waals surface area (Å²) in [6.45, 7) is 1.15. The Hall–Kier alpha value is -0.640. The Morgan fingerprint density at radius 1 is 1.45 bits per heavy atom. The lowest BCUT2D eigenvalue weighted by Gasteiger charge is -2.20. The van der Waals surface area contributed by atoms with Gasteiger partial charge in [-0.05, 0) is 18.1 Å². The van der Waals surface area contributed by atoms with E-state index in [9.17, 15) is 26.4 Å². The van der Waals surface area contributed by atoms with E-state index < -0.39 is 34.6 Å². The first-order chi connectivity index (χ1) is 9.05. The molecule has 0 amide bonds. The maximum Gasteiger partial charge on any atom is 0.389 e. The molecule has 10 heteroatoms. The van der Waals surface area contributed by atoms with Gasteiger partial charge in [0.15, 0.2) is 0 Å². The Morgan fingerprint density at radius 3 is 2.45 bits per heavy atom. The van der Waals surface area contributed by atoms with Crippen LogP contribution in [0.3, 0.4) is 0 Å². The first kappa shape index (κ1) is 17.4. The van der Waals surface area contributed by atoms with Crippen LogP contribution >= 0.6 is 22.9 Å². The molecule has 0 spiro atoms. The molecule has 0 bridgehead atoms. The fourth-order valence-corrected chi connectivity index (χ4v) is 4.23. The second-order valence-corrected chi connectivity index (χ2v) is 7.79. The van der Waals surface area contributed by atoms with Gasteiger partial charge in [0, 0.05) is 6.42 Å². The first-order valence-electron chi connectivity index (χ1n) is 5.35. The van der Waals surface area contributed by atoms with Gasteiger partial charge in [0.25, 0.3) is 10.0 Å². The molecule has 1 aromatic rings. The SMILES string of the molecule is C[C@H](CC(F)(F)F)[C@@H](C=O)NS(=O)(=O)c1ccc(Cl)s1. The molecular formula is C10H11ClF3NO3S2. The smallest absolute Gasteiger partial charge is 0.302 e. The van der Waals surface area contributed by atoms with Crippen LogP contribution in [0.25, 0.3) is 0 Å². The number of sulfonamides is 1. The standard InChI is InChI=1S/C10H11ClF3NO3S2/c1-6(4-10(12,13)14)7(5-16)15-20(17,18)9-3-2-8(11)19-9/h2-3,5-7,15H,4H2,1H3/t6-,7-/m1/s1. The lowest BCUT2D eigenvalue weighted by Crippen LogP contribution is -2.41. The highest BCUT2D eigenvalue weighted by Gasteiger charge is 2.35. The molecule has 0 aliphatic carbocycles.